The Kier molecular flexibility index (Phi) is 4.82. The van der Waals surface area contributed by atoms with Crippen LogP contribution < -0.4 is 5.32 Å². The van der Waals surface area contributed by atoms with Gasteiger partial charge in [-0.05, 0) is 37.0 Å². The highest BCUT2D eigenvalue weighted by molar-refractivity contribution is 5.71. The van der Waals surface area contributed by atoms with Crippen LogP contribution in [0.5, 0.6) is 0 Å². The second kappa shape index (κ2) is 5.60. The smallest absolute Gasteiger partial charge is 0.307 e. The fourth-order valence-corrected chi connectivity index (χ4v) is 3.00. The Hall–Kier alpha value is -0.570. The molecular formula is C15H29NO2. The van der Waals surface area contributed by atoms with Crippen molar-refractivity contribution in [3.63, 3.8) is 0 Å². The van der Waals surface area contributed by atoms with Crippen molar-refractivity contribution in [1.29, 1.82) is 0 Å². The van der Waals surface area contributed by atoms with Crippen LogP contribution in [0.1, 0.15) is 54.4 Å². The van der Waals surface area contributed by atoms with Crippen LogP contribution >= 0.6 is 0 Å². The Morgan fingerprint density at radius 2 is 1.83 bits per heavy atom. The molecule has 0 aromatic rings. The Balaban J connectivity index is 2.75. The van der Waals surface area contributed by atoms with Crippen molar-refractivity contribution in [3.05, 3.63) is 0 Å². The number of rotatable bonds is 4. The molecular weight excluding hydrogens is 226 g/mol. The van der Waals surface area contributed by atoms with E-state index in [-0.39, 0.29) is 11.3 Å². The summed E-state index contributed by atoms with van der Waals surface area (Å²) < 4.78 is 0. The molecule has 0 bridgehead atoms. The van der Waals surface area contributed by atoms with E-state index in [0.717, 1.165) is 12.8 Å². The minimum absolute atomic E-state index is 0.140. The molecule has 106 valence electrons. The van der Waals surface area contributed by atoms with Crippen molar-refractivity contribution >= 4 is 5.97 Å². The molecule has 18 heavy (non-hydrogen) atoms. The topological polar surface area (TPSA) is 49.3 Å². The normalized spacial score (nSPS) is 33.4. The van der Waals surface area contributed by atoms with E-state index in [4.69, 9.17) is 0 Å². The zero-order valence-electron chi connectivity index (χ0n) is 12.7. The van der Waals surface area contributed by atoms with Crippen LogP contribution in [-0.2, 0) is 4.79 Å². The fourth-order valence-electron chi connectivity index (χ4n) is 3.00. The van der Waals surface area contributed by atoms with Crippen LogP contribution in [-0.4, -0.2) is 23.2 Å². The van der Waals surface area contributed by atoms with Gasteiger partial charge in [-0.1, -0.05) is 34.6 Å². The van der Waals surface area contributed by atoms with E-state index in [9.17, 15) is 9.90 Å². The molecule has 1 fully saturated rings. The van der Waals surface area contributed by atoms with Gasteiger partial charge < -0.3 is 10.4 Å². The Labute approximate surface area is 111 Å². The molecule has 1 saturated carbocycles. The van der Waals surface area contributed by atoms with Gasteiger partial charge in [0, 0.05) is 12.1 Å². The predicted octanol–water partition coefficient (Wildman–Crippen LogP) is 3.15. The first-order valence-electron chi connectivity index (χ1n) is 7.16. The first kappa shape index (κ1) is 15.5. The van der Waals surface area contributed by atoms with Gasteiger partial charge in [-0.3, -0.25) is 4.79 Å². The number of carboxylic acid groups (broad SMARTS) is 1. The number of hydrogen-bond acceptors (Lipinski definition) is 2. The molecule has 3 nitrogen and oxygen atoms in total. The van der Waals surface area contributed by atoms with Gasteiger partial charge in [-0.2, -0.15) is 0 Å². The summed E-state index contributed by atoms with van der Waals surface area (Å²) in [5.74, 6) is 0.146. The number of nitrogens with one attached hydrogen (secondary N) is 1. The van der Waals surface area contributed by atoms with Gasteiger partial charge in [0.25, 0.3) is 0 Å². The molecule has 1 aliphatic carbocycles. The van der Waals surface area contributed by atoms with E-state index in [1.54, 1.807) is 0 Å². The SMILES string of the molecule is CC(C)C(C)NC1CCC(C(=O)O)C(C)(C)C1C. The zero-order valence-corrected chi connectivity index (χ0v) is 12.7. The Morgan fingerprint density at radius 1 is 1.28 bits per heavy atom. The van der Waals surface area contributed by atoms with Crippen molar-refractivity contribution in [2.24, 2.45) is 23.2 Å². The number of hydrogen-bond donors (Lipinski definition) is 2. The molecule has 4 unspecified atom stereocenters. The van der Waals surface area contributed by atoms with Crippen LogP contribution in [0.2, 0.25) is 0 Å². The highest BCUT2D eigenvalue weighted by Crippen LogP contribution is 2.45. The summed E-state index contributed by atoms with van der Waals surface area (Å²) in [6.07, 6.45) is 1.76. The van der Waals surface area contributed by atoms with Crippen LogP contribution in [0, 0.1) is 23.2 Å². The van der Waals surface area contributed by atoms with E-state index >= 15 is 0 Å². The van der Waals surface area contributed by atoms with Crippen LogP contribution in [0.15, 0.2) is 0 Å². The maximum Gasteiger partial charge on any atom is 0.307 e. The largest absolute Gasteiger partial charge is 0.481 e. The monoisotopic (exact) mass is 255 g/mol. The standard InChI is InChI=1S/C15H29NO2/c1-9(2)11(4)16-13-8-7-12(14(17)18)15(5,6)10(13)3/h9-13,16H,7-8H2,1-6H3,(H,17,18). The molecule has 0 aromatic carbocycles. The number of carboxylic acids is 1. The zero-order chi connectivity index (χ0) is 14.1. The lowest BCUT2D eigenvalue weighted by atomic mass is 9.61. The molecule has 0 aromatic heterocycles. The van der Waals surface area contributed by atoms with E-state index in [0.29, 0.717) is 23.9 Å². The van der Waals surface area contributed by atoms with Crippen molar-refractivity contribution in [2.75, 3.05) is 0 Å². The van der Waals surface area contributed by atoms with Gasteiger partial charge in [0.15, 0.2) is 0 Å². The Bertz CT molecular complexity index is 299. The number of aliphatic carboxylic acids is 1. The molecule has 4 atom stereocenters. The minimum Gasteiger partial charge on any atom is -0.481 e. The molecule has 0 aliphatic heterocycles. The third-order valence-electron chi connectivity index (χ3n) is 5.22. The van der Waals surface area contributed by atoms with Crippen LogP contribution in [0.25, 0.3) is 0 Å². The molecule has 0 radical (unpaired) electrons. The fraction of sp³-hybridized carbons (Fsp3) is 0.933. The van der Waals surface area contributed by atoms with Crippen molar-refractivity contribution in [2.45, 2.75) is 66.5 Å². The maximum absolute atomic E-state index is 11.3. The van der Waals surface area contributed by atoms with E-state index in [1.807, 2.05) is 0 Å². The van der Waals surface area contributed by atoms with Gasteiger partial charge >= 0.3 is 5.97 Å². The van der Waals surface area contributed by atoms with Gasteiger partial charge in [0.1, 0.15) is 0 Å². The van der Waals surface area contributed by atoms with Crippen molar-refractivity contribution < 1.29 is 9.90 Å². The van der Waals surface area contributed by atoms with E-state index in [1.165, 1.54) is 0 Å². The summed E-state index contributed by atoms with van der Waals surface area (Å²) in [6, 6.07) is 0.919. The summed E-state index contributed by atoms with van der Waals surface area (Å²) in [6.45, 7) is 13.1. The average molecular weight is 255 g/mol. The summed E-state index contributed by atoms with van der Waals surface area (Å²) in [7, 11) is 0. The second-order valence-electron chi connectivity index (χ2n) is 6.88. The third kappa shape index (κ3) is 3.05. The van der Waals surface area contributed by atoms with E-state index in [2.05, 4.69) is 46.9 Å². The lowest BCUT2D eigenvalue weighted by Gasteiger charge is -2.47. The number of carbonyl (C=O) groups is 1. The summed E-state index contributed by atoms with van der Waals surface area (Å²) in [5, 5.41) is 13.0. The van der Waals surface area contributed by atoms with Gasteiger partial charge in [-0.15, -0.1) is 0 Å². The highest BCUT2D eigenvalue weighted by Gasteiger charge is 2.46. The van der Waals surface area contributed by atoms with Gasteiger partial charge in [0.2, 0.25) is 0 Å². The van der Waals surface area contributed by atoms with Gasteiger partial charge in [0.05, 0.1) is 5.92 Å². The summed E-state index contributed by atoms with van der Waals surface area (Å²) in [4.78, 5) is 11.3. The predicted molar refractivity (Wildman–Crippen MR) is 74.5 cm³/mol. The molecule has 3 heteroatoms. The van der Waals surface area contributed by atoms with Crippen LogP contribution in [0.4, 0.5) is 0 Å². The van der Waals surface area contributed by atoms with Crippen molar-refractivity contribution in [3.8, 4) is 0 Å². The van der Waals surface area contributed by atoms with Gasteiger partial charge in [-0.25, -0.2) is 0 Å². The maximum atomic E-state index is 11.3. The Morgan fingerprint density at radius 3 is 2.28 bits per heavy atom. The molecule has 0 saturated heterocycles. The summed E-state index contributed by atoms with van der Waals surface area (Å²) >= 11 is 0. The summed E-state index contributed by atoms with van der Waals surface area (Å²) in [5.41, 5.74) is -0.140. The highest BCUT2D eigenvalue weighted by atomic mass is 16.4. The molecule has 0 amide bonds. The molecule has 2 N–H and O–H groups in total. The second-order valence-corrected chi connectivity index (χ2v) is 6.88. The minimum atomic E-state index is -0.637. The molecule has 1 rings (SSSR count). The third-order valence-corrected chi connectivity index (χ3v) is 5.22. The lowest BCUT2D eigenvalue weighted by molar-refractivity contribution is -0.150. The lowest BCUT2D eigenvalue weighted by Crippen LogP contribution is -2.53. The average Bonchev–Trinajstić information content (AvgIpc) is 2.23. The van der Waals surface area contributed by atoms with Crippen LogP contribution in [0.3, 0.4) is 0 Å². The first-order valence-corrected chi connectivity index (χ1v) is 7.16. The molecule has 0 spiro atoms. The van der Waals surface area contributed by atoms with E-state index < -0.39 is 5.97 Å². The van der Waals surface area contributed by atoms with Crippen molar-refractivity contribution in [1.82, 2.24) is 5.32 Å². The molecule has 0 heterocycles. The quantitative estimate of drug-likeness (QED) is 0.811. The first-order chi connectivity index (χ1) is 8.17. The molecule has 1 aliphatic rings.